The number of rotatable bonds is 1. The molecule has 0 saturated heterocycles. The van der Waals surface area contributed by atoms with Crippen LogP contribution in [-0.4, -0.2) is 0 Å². The summed E-state index contributed by atoms with van der Waals surface area (Å²) < 4.78 is 0. The van der Waals surface area contributed by atoms with Crippen LogP contribution in [0, 0.1) is 18.4 Å². The van der Waals surface area contributed by atoms with Crippen LogP contribution >= 0.6 is 0 Å². The fourth-order valence-electron chi connectivity index (χ4n) is 0. The Bertz CT molecular complexity index is 39.8. The maximum Gasteiger partial charge on any atom is 0 e. The predicted molar refractivity (Wildman–Crippen MR) is 39.4 cm³/mol. The molecule has 0 spiro atoms. The van der Waals surface area contributed by atoms with Crippen molar-refractivity contribution in [1.29, 1.82) is 0 Å². The summed E-state index contributed by atoms with van der Waals surface area (Å²) in [5, 5.41) is 0. The van der Waals surface area contributed by atoms with E-state index in [-0.39, 0.29) is 32.7 Å². The van der Waals surface area contributed by atoms with E-state index in [0.29, 0.717) is 5.92 Å². The van der Waals surface area contributed by atoms with Crippen LogP contribution in [0.1, 0.15) is 27.7 Å². The van der Waals surface area contributed by atoms with Crippen LogP contribution in [-0.2, 0) is 32.7 Å². The smallest absolute Gasteiger partial charge is 0 e. The molecule has 1 radical (unpaired) electrons. The molecule has 0 rings (SSSR count). The molecule has 0 nitrogen and oxygen atoms in total. The average molecular weight is 201 g/mol. The van der Waals surface area contributed by atoms with E-state index in [0.717, 1.165) is 0 Å². The molecule has 53 valence electrons. The van der Waals surface area contributed by atoms with E-state index in [9.17, 15) is 0 Å². The Labute approximate surface area is 85.0 Å². The molecule has 0 atom stereocenters. The Hall–Kier alpha value is 0.844. The number of allylic oxidation sites excluding steroid dienone is 1. The van der Waals surface area contributed by atoms with Gasteiger partial charge in [0.05, 0.1) is 0 Å². The van der Waals surface area contributed by atoms with Gasteiger partial charge in [-0.2, -0.15) is 19.8 Å². The van der Waals surface area contributed by atoms with Gasteiger partial charge in [0.1, 0.15) is 0 Å². The topological polar surface area (TPSA) is 0 Å². The van der Waals surface area contributed by atoms with Crippen molar-refractivity contribution in [3.8, 4) is 0 Å². The summed E-state index contributed by atoms with van der Waals surface area (Å²) in [6.07, 6.45) is 4.78. The van der Waals surface area contributed by atoms with Crippen molar-refractivity contribution in [1.82, 2.24) is 0 Å². The minimum Gasteiger partial charge on any atom is -0.501 e. The van der Waals surface area contributed by atoms with Crippen LogP contribution < -0.4 is 0 Å². The van der Waals surface area contributed by atoms with Crippen molar-refractivity contribution in [2.75, 3.05) is 0 Å². The van der Waals surface area contributed by atoms with E-state index in [1.54, 1.807) is 0 Å². The maximum absolute atomic E-state index is 3.44. The van der Waals surface area contributed by atoms with Gasteiger partial charge in [0.15, 0.2) is 0 Å². The molecular formula is C8H16Y-2. The van der Waals surface area contributed by atoms with Crippen molar-refractivity contribution in [2.45, 2.75) is 27.7 Å². The first-order valence-electron chi connectivity index (χ1n) is 2.95. The third-order valence-electron chi connectivity index (χ3n) is 0.408. The van der Waals surface area contributed by atoms with Gasteiger partial charge in [-0.25, -0.2) is 0 Å². The second kappa shape index (κ2) is 15.9. The van der Waals surface area contributed by atoms with Gasteiger partial charge in [0.2, 0.25) is 0 Å². The zero-order valence-electron chi connectivity index (χ0n) is 6.94. The summed E-state index contributed by atoms with van der Waals surface area (Å²) in [5.74, 6) is 0.523. The Balaban J connectivity index is -0.0000000800. The Kier molecular flexibility index (Phi) is 29.1. The number of hydrogen-bond donors (Lipinski definition) is 0. The van der Waals surface area contributed by atoms with Crippen LogP contribution in [0.4, 0.5) is 0 Å². The fourth-order valence-corrected chi connectivity index (χ4v) is 0. The van der Waals surface area contributed by atoms with Crippen LogP contribution in [0.15, 0.2) is 6.58 Å². The van der Waals surface area contributed by atoms with E-state index in [2.05, 4.69) is 12.7 Å². The minimum absolute atomic E-state index is 0. The van der Waals surface area contributed by atoms with Crippen LogP contribution in [0.3, 0.4) is 0 Å². The Morgan fingerprint density at radius 3 is 1.44 bits per heavy atom. The Morgan fingerprint density at radius 1 is 1.33 bits per heavy atom. The molecule has 0 aliphatic heterocycles. The van der Waals surface area contributed by atoms with E-state index in [1.165, 1.54) is 0 Å². The SMILES string of the molecule is C=[C-]C(C)C.C[CH-]C.[Y]. The monoisotopic (exact) mass is 201 g/mol. The summed E-state index contributed by atoms with van der Waals surface area (Å²) in [6, 6.07) is 0. The zero-order valence-corrected chi connectivity index (χ0v) is 9.78. The molecular weight excluding hydrogens is 185 g/mol. The molecule has 0 bridgehead atoms. The molecule has 0 fully saturated rings. The van der Waals surface area contributed by atoms with E-state index < -0.39 is 0 Å². The van der Waals surface area contributed by atoms with Gasteiger partial charge in [-0.15, -0.1) is 0 Å². The van der Waals surface area contributed by atoms with Crippen molar-refractivity contribution < 1.29 is 32.7 Å². The molecule has 0 N–H and O–H groups in total. The quantitative estimate of drug-likeness (QED) is 0.572. The van der Waals surface area contributed by atoms with Crippen LogP contribution in [0.2, 0.25) is 0 Å². The van der Waals surface area contributed by atoms with Crippen molar-refractivity contribution in [2.24, 2.45) is 5.92 Å². The summed E-state index contributed by atoms with van der Waals surface area (Å²) in [7, 11) is 0. The standard InChI is InChI=1S/C5H9.C3H7.Y/c1-4-5(2)3;1-3-2;/h5H,1H2,2-3H3;3H,1-2H3;/q2*-1;. The first-order chi connectivity index (χ1) is 3.68. The summed E-state index contributed by atoms with van der Waals surface area (Å²) in [5.41, 5.74) is 0. The molecule has 0 aliphatic carbocycles. The zero-order chi connectivity index (χ0) is 6.99. The van der Waals surface area contributed by atoms with E-state index >= 15 is 0 Å². The first kappa shape index (κ1) is 16.4. The molecule has 0 aromatic carbocycles. The molecule has 0 amide bonds. The largest absolute Gasteiger partial charge is 0.501 e. The molecule has 0 aromatic heterocycles. The van der Waals surface area contributed by atoms with E-state index in [1.807, 2.05) is 34.1 Å². The molecule has 0 unspecified atom stereocenters. The summed E-state index contributed by atoms with van der Waals surface area (Å²) >= 11 is 0. The fraction of sp³-hybridized carbons (Fsp3) is 0.625. The number of hydrogen-bond acceptors (Lipinski definition) is 0. The second-order valence-electron chi connectivity index (χ2n) is 1.94. The van der Waals surface area contributed by atoms with Crippen LogP contribution in [0.25, 0.3) is 0 Å². The van der Waals surface area contributed by atoms with Gasteiger partial charge >= 0.3 is 0 Å². The van der Waals surface area contributed by atoms with Crippen molar-refractivity contribution >= 4 is 0 Å². The van der Waals surface area contributed by atoms with Gasteiger partial charge in [-0.3, -0.25) is 6.58 Å². The van der Waals surface area contributed by atoms with Crippen molar-refractivity contribution in [3.63, 3.8) is 0 Å². The normalized spacial score (nSPS) is 6.78. The molecule has 1 heteroatoms. The summed E-state index contributed by atoms with van der Waals surface area (Å²) in [4.78, 5) is 0. The third kappa shape index (κ3) is 51.2. The Morgan fingerprint density at radius 2 is 1.44 bits per heavy atom. The molecule has 9 heavy (non-hydrogen) atoms. The summed E-state index contributed by atoms with van der Waals surface area (Å²) in [6.45, 7) is 11.5. The van der Waals surface area contributed by atoms with Gasteiger partial charge in [-0.05, 0) is 0 Å². The minimum atomic E-state index is 0. The average Bonchev–Trinajstić information content (AvgIpc) is 1.69. The predicted octanol–water partition coefficient (Wildman–Crippen LogP) is 2.86. The van der Waals surface area contributed by atoms with Gasteiger partial charge in [-0.1, -0.05) is 13.8 Å². The van der Waals surface area contributed by atoms with Gasteiger partial charge in [0, 0.05) is 32.7 Å². The van der Waals surface area contributed by atoms with Crippen molar-refractivity contribution in [3.05, 3.63) is 19.1 Å². The maximum atomic E-state index is 3.44. The van der Waals surface area contributed by atoms with Gasteiger partial charge in [0.25, 0.3) is 0 Å². The van der Waals surface area contributed by atoms with Gasteiger partial charge < -0.3 is 12.5 Å². The van der Waals surface area contributed by atoms with Crippen LogP contribution in [0.5, 0.6) is 0 Å². The molecule has 0 heterocycles. The van der Waals surface area contributed by atoms with E-state index in [4.69, 9.17) is 0 Å². The third-order valence-corrected chi connectivity index (χ3v) is 0.408. The first-order valence-corrected chi connectivity index (χ1v) is 2.95. The molecule has 0 aromatic rings. The second-order valence-corrected chi connectivity index (χ2v) is 1.94. The molecule has 0 saturated carbocycles. The molecule has 0 aliphatic rings.